The van der Waals surface area contributed by atoms with Crippen LogP contribution in [0.15, 0.2) is 0 Å². The van der Waals surface area contributed by atoms with E-state index in [1.54, 1.807) is 0 Å². The van der Waals surface area contributed by atoms with Crippen molar-refractivity contribution in [3.05, 3.63) is 0 Å². The van der Waals surface area contributed by atoms with Gasteiger partial charge in [0.1, 0.15) is 6.10 Å². The van der Waals surface area contributed by atoms with E-state index in [2.05, 4.69) is 18.4 Å². The van der Waals surface area contributed by atoms with Crippen molar-refractivity contribution in [2.45, 2.75) is 123 Å². The van der Waals surface area contributed by atoms with Crippen LogP contribution in [0.2, 0.25) is 0 Å². The van der Waals surface area contributed by atoms with Gasteiger partial charge in [0.2, 0.25) is 0 Å². The molecule has 0 saturated carbocycles. The Labute approximate surface area is 216 Å². The zero-order chi connectivity index (χ0) is 26.2. The van der Waals surface area contributed by atoms with Crippen LogP contribution in [0, 0.1) is 0 Å². The molecule has 10 heteroatoms. The highest BCUT2D eigenvalue weighted by atomic mass is 32.2. The zero-order valence-electron chi connectivity index (χ0n) is 21.9. The number of unbranched alkanes of at least 4 members (excludes halogenated alkanes) is 12. The highest BCUT2D eigenvalue weighted by Crippen LogP contribution is 2.43. The summed E-state index contributed by atoms with van der Waals surface area (Å²) in [4.78, 5) is 34.2. The summed E-state index contributed by atoms with van der Waals surface area (Å²) < 4.78 is 26.9. The van der Waals surface area contributed by atoms with Crippen molar-refractivity contribution in [2.24, 2.45) is 0 Å². The van der Waals surface area contributed by atoms with Crippen molar-refractivity contribution in [2.75, 3.05) is 25.6 Å². The molecule has 0 radical (unpaired) electrons. The first-order chi connectivity index (χ1) is 16.8. The van der Waals surface area contributed by atoms with Gasteiger partial charge in [-0.1, -0.05) is 103 Å². The minimum Gasteiger partial charge on any atom is -0.459 e. The van der Waals surface area contributed by atoms with Crippen LogP contribution >= 0.6 is 19.6 Å². The Hall–Kier alpha value is -0.440. The third kappa shape index (κ3) is 23.7. The molecule has 0 heterocycles. The molecule has 0 spiro atoms. The number of thioether (sulfide) groups is 1. The molecule has 0 aromatic rings. The average Bonchev–Trinajstić information content (AvgIpc) is 2.83. The van der Waals surface area contributed by atoms with Crippen molar-refractivity contribution in [3.63, 3.8) is 0 Å². The molecule has 2 atom stereocenters. The molecule has 35 heavy (non-hydrogen) atoms. The van der Waals surface area contributed by atoms with E-state index in [1.165, 1.54) is 44.9 Å². The van der Waals surface area contributed by atoms with E-state index in [0.29, 0.717) is 6.42 Å². The molecule has 0 saturated heterocycles. The molecule has 0 amide bonds. The maximum absolute atomic E-state index is 12.3. The molecule has 0 aromatic carbocycles. The molecule has 208 valence electrons. The SMILES string of the molecule is CCCCCCCCCC(=O)O[C@@H](COP(=O)(O)OCCO)CSC(=O)CCCCCCCCC. The van der Waals surface area contributed by atoms with E-state index in [0.717, 1.165) is 56.7 Å². The molecule has 0 aliphatic heterocycles. The van der Waals surface area contributed by atoms with Crippen molar-refractivity contribution >= 4 is 30.7 Å². The first-order valence-electron chi connectivity index (χ1n) is 13.4. The third-order valence-corrected chi connectivity index (χ3v) is 7.52. The second-order valence-corrected chi connectivity index (χ2v) is 11.4. The van der Waals surface area contributed by atoms with Crippen LogP contribution in [0.3, 0.4) is 0 Å². The van der Waals surface area contributed by atoms with Gasteiger partial charge in [0.15, 0.2) is 5.12 Å². The van der Waals surface area contributed by atoms with E-state index < -0.39 is 26.5 Å². The lowest BCUT2D eigenvalue weighted by atomic mass is 10.1. The number of ether oxygens (including phenoxy) is 1. The van der Waals surface area contributed by atoms with Crippen molar-refractivity contribution < 1.29 is 37.9 Å². The van der Waals surface area contributed by atoms with Crippen LogP contribution in [0.5, 0.6) is 0 Å². The lowest BCUT2D eigenvalue weighted by Crippen LogP contribution is -2.26. The number of esters is 1. The van der Waals surface area contributed by atoms with E-state index in [9.17, 15) is 19.0 Å². The molecule has 0 aliphatic rings. The van der Waals surface area contributed by atoms with E-state index >= 15 is 0 Å². The van der Waals surface area contributed by atoms with Gasteiger partial charge >= 0.3 is 13.8 Å². The summed E-state index contributed by atoms with van der Waals surface area (Å²) in [5.41, 5.74) is 0. The predicted molar refractivity (Wildman–Crippen MR) is 141 cm³/mol. The number of phosphoric acid groups is 1. The van der Waals surface area contributed by atoms with Crippen LogP contribution in [0.4, 0.5) is 0 Å². The number of carbonyl (C=O) groups is 2. The fourth-order valence-electron chi connectivity index (χ4n) is 3.44. The number of rotatable bonds is 25. The van der Waals surface area contributed by atoms with Gasteiger partial charge in [0.25, 0.3) is 0 Å². The van der Waals surface area contributed by atoms with Crippen LogP contribution < -0.4 is 0 Å². The topological polar surface area (TPSA) is 119 Å². The second-order valence-electron chi connectivity index (χ2n) is 8.86. The Morgan fingerprint density at radius 3 is 1.86 bits per heavy atom. The zero-order valence-corrected chi connectivity index (χ0v) is 23.6. The highest BCUT2D eigenvalue weighted by Gasteiger charge is 2.25. The Balaban J connectivity index is 4.41. The van der Waals surface area contributed by atoms with Gasteiger partial charge in [-0.15, -0.1) is 0 Å². The maximum Gasteiger partial charge on any atom is 0.472 e. The molecule has 0 fully saturated rings. The smallest absolute Gasteiger partial charge is 0.459 e. The minimum absolute atomic E-state index is 0.00963. The summed E-state index contributed by atoms with van der Waals surface area (Å²) in [5.74, 6) is -0.255. The first kappa shape index (κ1) is 34.6. The summed E-state index contributed by atoms with van der Waals surface area (Å²) >= 11 is 1.06. The number of phosphoric ester groups is 1. The summed E-state index contributed by atoms with van der Waals surface area (Å²) in [6.07, 6.45) is 15.3. The summed E-state index contributed by atoms with van der Waals surface area (Å²) in [6.45, 7) is 3.23. The average molecular weight is 541 g/mol. The molecule has 0 aliphatic carbocycles. The number of hydrogen-bond acceptors (Lipinski definition) is 8. The quantitative estimate of drug-likeness (QED) is 0.0753. The lowest BCUT2D eigenvalue weighted by Gasteiger charge is -2.19. The molecule has 0 bridgehead atoms. The molecule has 8 nitrogen and oxygen atoms in total. The second kappa shape index (κ2) is 23.9. The van der Waals surface area contributed by atoms with E-state index in [-0.39, 0.29) is 30.5 Å². The van der Waals surface area contributed by atoms with Gasteiger partial charge in [-0.25, -0.2) is 4.57 Å². The largest absolute Gasteiger partial charge is 0.472 e. The standard InChI is InChI=1S/C25H49O8PS/c1-3-5-7-9-11-13-15-17-24(27)33-23(21-32-34(29,30)31-20-19-26)22-35-25(28)18-16-14-12-10-8-6-4-2/h23,26H,3-22H2,1-2H3,(H,29,30)/t23-/m0/s1. The third-order valence-electron chi connectivity index (χ3n) is 5.47. The van der Waals surface area contributed by atoms with E-state index in [4.69, 9.17) is 14.4 Å². The Morgan fingerprint density at radius 2 is 1.31 bits per heavy atom. The van der Waals surface area contributed by atoms with Crippen molar-refractivity contribution in [1.82, 2.24) is 0 Å². The van der Waals surface area contributed by atoms with Gasteiger partial charge in [-0.2, -0.15) is 0 Å². The maximum atomic E-state index is 12.3. The van der Waals surface area contributed by atoms with Gasteiger partial charge in [-0.3, -0.25) is 18.6 Å². The summed E-state index contributed by atoms with van der Waals surface area (Å²) in [7, 11) is -4.37. The van der Waals surface area contributed by atoms with Gasteiger partial charge < -0.3 is 14.7 Å². The molecular weight excluding hydrogens is 491 g/mol. The predicted octanol–water partition coefficient (Wildman–Crippen LogP) is 6.57. The van der Waals surface area contributed by atoms with Crippen molar-refractivity contribution in [1.29, 1.82) is 0 Å². The number of aliphatic hydroxyl groups is 1. The Kier molecular flexibility index (Phi) is 23.6. The molecule has 0 aromatic heterocycles. The molecule has 2 N–H and O–H groups in total. The van der Waals surface area contributed by atoms with Crippen molar-refractivity contribution in [3.8, 4) is 0 Å². The fourth-order valence-corrected chi connectivity index (χ4v) is 5.01. The summed E-state index contributed by atoms with van der Waals surface area (Å²) in [6, 6.07) is 0. The Morgan fingerprint density at radius 1 is 0.800 bits per heavy atom. The van der Waals surface area contributed by atoms with Crippen LogP contribution in [0.25, 0.3) is 0 Å². The molecule has 0 rings (SSSR count). The van der Waals surface area contributed by atoms with Crippen LogP contribution in [-0.4, -0.2) is 52.8 Å². The Bertz CT molecular complexity index is 576. The monoisotopic (exact) mass is 540 g/mol. The number of carbonyl (C=O) groups excluding carboxylic acids is 2. The van der Waals surface area contributed by atoms with Crippen LogP contribution in [-0.2, 0) is 27.9 Å². The van der Waals surface area contributed by atoms with Gasteiger partial charge in [0.05, 0.1) is 19.8 Å². The fraction of sp³-hybridized carbons (Fsp3) is 0.920. The highest BCUT2D eigenvalue weighted by molar-refractivity contribution is 8.13. The lowest BCUT2D eigenvalue weighted by molar-refractivity contribution is -0.149. The first-order valence-corrected chi connectivity index (χ1v) is 15.9. The van der Waals surface area contributed by atoms with Crippen LogP contribution in [0.1, 0.15) is 117 Å². The van der Waals surface area contributed by atoms with Gasteiger partial charge in [-0.05, 0) is 12.8 Å². The normalized spacial score (nSPS) is 13.9. The van der Waals surface area contributed by atoms with Gasteiger partial charge in [0, 0.05) is 18.6 Å². The number of hydrogen-bond donors (Lipinski definition) is 2. The minimum atomic E-state index is -4.37. The summed E-state index contributed by atoms with van der Waals surface area (Å²) in [5, 5.41) is 8.76. The molecular formula is C25H49O8PS. The van der Waals surface area contributed by atoms with E-state index in [1.807, 2.05) is 0 Å². The number of aliphatic hydroxyl groups excluding tert-OH is 1. The molecule has 1 unspecified atom stereocenters.